The maximum atomic E-state index is 12.5. The van der Waals surface area contributed by atoms with E-state index in [2.05, 4.69) is 21.3 Å². The van der Waals surface area contributed by atoms with E-state index < -0.39 is 0 Å². The zero-order valence-corrected chi connectivity index (χ0v) is 18.7. The summed E-state index contributed by atoms with van der Waals surface area (Å²) >= 11 is 0. The number of para-hydroxylation sites is 1. The van der Waals surface area contributed by atoms with Crippen molar-refractivity contribution in [2.24, 2.45) is 5.92 Å². The molecular weight excluding hydrogens is 394 g/mol. The quantitative estimate of drug-likeness (QED) is 0.628. The molecular formula is C24H33N3O4. The summed E-state index contributed by atoms with van der Waals surface area (Å²) in [6.07, 6.45) is 4.23. The van der Waals surface area contributed by atoms with Gasteiger partial charge in [-0.2, -0.15) is 0 Å². The number of piperidine rings is 1. The van der Waals surface area contributed by atoms with Crippen molar-refractivity contribution in [2.45, 2.75) is 31.8 Å². The van der Waals surface area contributed by atoms with Crippen LogP contribution in [0.15, 0.2) is 42.6 Å². The second-order valence-electron chi connectivity index (χ2n) is 7.83. The average Bonchev–Trinajstić information content (AvgIpc) is 2.81. The largest absolute Gasteiger partial charge is 0.493 e. The predicted octanol–water partition coefficient (Wildman–Crippen LogP) is 3.20. The Hall–Kier alpha value is -2.64. The molecule has 2 aromatic rings. The molecule has 0 bridgehead atoms. The van der Waals surface area contributed by atoms with Crippen LogP contribution in [-0.4, -0.2) is 56.8 Å². The van der Waals surface area contributed by atoms with Crippen molar-refractivity contribution in [3.8, 4) is 11.5 Å². The van der Waals surface area contributed by atoms with E-state index in [1.807, 2.05) is 30.3 Å². The first kappa shape index (κ1) is 23.0. The highest BCUT2D eigenvalue weighted by atomic mass is 16.5. The van der Waals surface area contributed by atoms with E-state index in [4.69, 9.17) is 14.2 Å². The van der Waals surface area contributed by atoms with Gasteiger partial charge in [0.1, 0.15) is 0 Å². The van der Waals surface area contributed by atoms with E-state index >= 15 is 0 Å². The first-order valence-electron chi connectivity index (χ1n) is 10.8. The predicted molar refractivity (Wildman–Crippen MR) is 119 cm³/mol. The van der Waals surface area contributed by atoms with Crippen LogP contribution in [0.2, 0.25) is 0 Å². The van der Waals surface area contributed by atoms with Crippen molar-refractivity contribution in [1.82, 2.24) is 15.2 Å². The Morgan fingerprint density at radius 3 is 2.77 bits per heavy atom. The number of pyridine rings is 1. The first-order chi connectivity index (χ1) is 15.2. The maximum absolute atomic E-state index is 12.5. The Balaban J connectivity index is 1.75. The number of hydrogen-bond acceptors (Lipinski definition) is 6. The minimum atomic E-state index is -0.124. The number of likely N-dealkylation sites (tertiary alicyclic amines) is 1. The lowest BCUT2D eigenvalue weighted by molar-refractivity contribution is -0.123. The van der Waals surface area contributed by atoms with E-state index in [0.29, 0.717) is 13.0 Å². The fourth-order valence-corrected chi connectivity index (χ4v) is 4.26. The number of rotatable bonds is 10. The number of benzene rings is 1. The fourth-order valence-electron chi connectivity index (χ4n) is 4.26. The van der Waals surface area contributed by atoms with Crippen molar-refractivity contribution in [1.29, 1.82) is 0 Å². The molecule has 3 rings (SSSR count). The van der Waals surface area contributed by atoms with Crippen molar-refractivity contribution in [3.63, 3.8) is 0 Å². The smallest absolute Gasteiger partial charge is 0.222 e. The summed E-state index contributed by atoms with van der Waals surface area (Å²) in [6, 6.07) is 11.7. The number of carbonyl (C=O) groups excluding carboxylic acids is 1. The number of methoxy groups -OCH3 is 3. The second kappa shape index (κ2) is 11.7. The Kier molecular flexibility index (Phi) is 8.67. The molecule has 0 saturated carbocycles. The highest BCUT2D eigenvalue weighted by Gasteiger charge is 2.30. The zero-order valence-electron chi connectivity index (χ0n) is 18.7. The van der Waals surface area contributed by atoms with Crippen LogP contribution in [0.25, 0.3) is 0 Å². The zero-order chi connectivity index (χ0) is 22.1. The summed E-state index contributed by atoms with van der Waals surface area (Å²) in [4.78, 5) is 19.5. The molecule has 7 nitrogen and oxygen atoms in total. The lowest BCUT2D eigenvalue weighted by atomic mass is 9.88. The van der Waals surface area contributed by atoms with Gasteiger partial charge in [0.05, 0.1) is 32.6 Å². The third-order valence-electron chi connectivity index (χ3n) is 5.75. The van der Waals surface area contributed by atoms with Crippen LogP contribution in [0.4, 0.5) is 0 Å². The van der Waals surface area contributed by atoms with Crippen molar-refractivity contribution in [2.75, 3.05) is 41.0 Å². The number of hydrogen-bond donors (Lipinski definition) is 1. The molecule has 7 heteroatoms. The maximum Gasteiger partial charge on any atom is 0.222 e. The van der Waals surface area contributed by atoms with Crippen LogP contribution in [0.3, 0.4) is 0 Å². The van der Waals surface area contributed by atoms with Crippen LogP contribution in [0, 0.1) is 5.92 Å². The molecule has 1 aliphatic rings. The number of carbonyl (C=O) groups is 1. The number of nitrogens with zero attached hydrogens (tertiary/aromatic N) is 2. The van der Waals surface area contributed by atoms with Gasteiger partial charge in [0.25, 0.3) is 0 Å². The lowest BCUT2D eigenvalue weighted by Gasteiger charge is -2.37. The van der Waals surface area contributed by atoms with Gasteiger partial charge in [-0.25, -0.2) is 0 Å². The van der Waals surface area contributed by atoms with Crippen LogP contribution >= 0.6 is 0 Å². The van der Waals surface area contributed by atoms with E-state index in [9.17, 15) is 4.79 Å². The number of ether oxygens (including phenoxy) is 3. The molecule has 1 aromatic carbocycles. The summed E-state index contributed by atoms with van der Waals surface area (Å²) in [5, 5.41) is 3.21. The second-order valence-corrected chi connectivity index (χ2v) is 7.83. The molecule has 1 fully saturated rings. The minimum absolute atomic E-state index is 0.0101. The molecule has 1 aliphatic heterocycles. The van der Waals surface area contributed by atoms with E-state index in [-0.39, 0.29) is 17.9 Å². The van der Waals surface area contributed by atoms with Gasteiger partial charge in [0.2, 0.25) is 5.91 Å². The molecule has 31 heavy (non-hydrogen) atoms. The van der Waals surface area contributed by atoms with E-state index in [1.165, 1.54) is 0 Å². The molecule has 1 saturated heterocycles. The van der Waals surface area contributed by atoms with Gasteiger partial charge >= 0.3 is 0 Å². The molecule has 0 radical (unpaired) electrons. The monoisotopic (exact) mass is 427 g/mol. The van der Waals surface area contributed by atoms with Crippen molar-refractivity contribution in [3.05, 3.63) is 53.9 Å². The Labute approximate surface area is 184 Å². The Morgan fingerprint density at radius 2 is 2.06 bits per heavy atom. The normalized spacial score (nSPS) is 17.7. The van der Waals surface area contributed by atoms with Crippen LogP contribution in [0.5, 0.6) is 11.5 Å². The lowest BCUT2D eigenvalue weighted by Crippen LogP contribution is -2.43. The summed E-state index contributed by atoms with van der Waals surface area (Å²) in [5.74, 6) is 1.78. The molecule has 2 heterocycles. The SMILES string of the molecule is COCCC(=O)N[C@H](c1ccccn1)[C@H]1CCCN(Cc2cccc(OC)c2OC)C1. The number of nitrogens with one attached hydrogen (secondary N) is 1. The summed E-state index contributed by atoms with van der Waals surface area (Å²) in [6.45, 7) is 3.05. The Morgan fingerprint density at radius 1 is 1.19 bits per heavy atom. The van der Waals surface area contributed by atoms with Crippen molar-refractivity contribution >= 4 is 5.91 Å². The molecule has 1 amide bonds. The summed E-state index contributed by atoms with van der Waals surface area (Å²) < 4.78 is 16.1. The summed E-state index contributed by atoms with van der Waals surface area (Å²) in [5.41, 5.74) is 2.00. The van der Waals surface area contributed by atoms with E-state index in [0.717, 1.165) is 55.2 Å². The summed E-state index contributed by atoms with van der Waals surface area (Å²) in [7, 11) is 4.94. The highest BCUT2D eigenvalue weighted by molar-refractivity contribution is 5.76. The van der Waals surface area contributed by atoms with Gasteiger partial charge in [-0.3, -0.25) is 14.7 Å². The molecule has 2 atom stereocenters. The fraction of sp³-hybridized carbons (Fsp3) is 0.500. The first-order valence-corrected chi connectivity index (χ1v) is 10.8. The molecule has 1 N–H and O–H groups in total. The molecule has 0 spiro atoms. The van der Waals surface area contributed by atoms with Gasteiger partial charge in [0.15, 0.2) is 11.5 Å². The molecule has 168 valence electrons. The van der Waals surface area contributed by atoms with Crippen LogP contribution in [-0.2, 0) is 16.1 Å². The van der Waals surface area contributed by atoms with Crippen LogP contribution in [0.1, 0.15) is 36.6 Å². The molecule has 1 aromatic heterocycles. The van der Waals surface area contributed by atoms with E-state index in [1.54, 1.807) is 27.5 Å². The number of amides is 1. The minimum Gasteiger partial charge on any atom is -0.493 e. The standard InChI is InChI=1S/C24H33N3O4/c1-29-15-12-22(28)26-23(20-10-4-5-13-25-20)18-9-7-14-27(16-18)17-19-8-6-11-21(30-2)24(19)31-3/h4-6,8,10-11,13,18,23H,7,9,12,14-17H2,1-3H3,(H,26,28)/t18-,23-/m0/s1. The third kappa shape index (κ3) is 6.18. The number of aromatic nitrogens is 1. The topological polar surface area (TPSA) is 72.9 Å². The van der Waals surface area contributed by atoms with Gasteiger partial charge in [-0.15, -0.1) is 0 Å². The van der Waals surface area contributed by atoms with Crippen LogP contribution < -0.4 is 14.8 Å². The van der Waals surface area contributed by atoms with Gasteiger partial charge < -0.3 is 19.5 Å². The van der Waals surface area contributed by atoms with Gasteiger partial charge in [-0.05, 0) is 43.5 Å². The molecule has 0 unspecified atom stereocenters. The highest BCUT2D eigenvalue weighted by Crippen LogP contribution is 2.34. The molecule has 0 aliphatic carbocycles. The average molecular weight is 428 g/mol. The van der Waals surface area contributed by atoms with Gasteiger partial charge in [0, 0.05) is 38.4 Å². The van der Waals surface area contributed by atoms with Crippen molar-refractivity contribution < 1.29 is 19.0 Å². The third-order valence-corrected chi connectivity index (χ3v) is 5.75. The van der Waals surface area contributed by atoms with Gasteiger partial charge in [-0.1, -0.05) is 18.2 Å². The Bertz CT molecular complexity index is 831.